The van der Waals surface area contributed by atoms with Gasteiger partial charge in [0.1, 0.15) is 0 Å². The Kier molecular flexibility index (Phi) is 6.03. The predicted molar refractivity (Wildman–Crippen MR) is 87.1 cm³/mol. The lowest BCUT2D eigenvalue weighted by atomic mass is 10.1. The molecule has 134 valence electrons. The van der Waals surface area contributed by atoms with Gasteiger partial charge in [0.25, 0.3) is 0 Å². The lowest BCUT2D eigenvalue weighted by molar-refractivity contribution is -0.159. The average Bonchev–Trinajstić information content (AvgIpc) is 3.10. The van der Waals surface area contributed by atoms with E-state index in [-0.39, 0.29) is 31.2 Å². The minimum atomic E-state index is -4.69. The van der Waals surface area contributed by atoms with Gasteiger partial charge in [-0.05, 0) is 5.56 Å². The van der Waals surface area contributed by atoms with Crippen LogP contribution in [0, 0.1) is 24.7 Å². The molecule has 1 aromatic heterocycles. The maximum atomic E-state index is 12.5. The summed E-state index contributed by atoms with van der Waals surface area (Å²) in [5.41, 5.74) is 1.10. The minimum Gasteiger partial charge on any atom is -0.329 e. The first kappa shape index (κ1) is 19.1. The van der Waals surface area contributed by atoms with Crippen LogP contribution in [-0.4, -0.2) is 27.5 Å². The standard InChI is InChI=1S/C18H14F3N3O2/c1-3-5-6-15(25)24(11-4-2)12-13-7-9-14(10-8-13)16-22-17(26-23-16)18(19,20)21/h1-2,7-10H,5-6,11-12H2. The largest absolute Gasteiger partial charge is 0.471 e. The first-order chi connectivity index (χ1) is 12.3. The van der Waals surface area contributed by atoms with Crippen molar-refractivity contribution in [1.29, 1.82) is 0 Å². The van der Waals surface area contributed by atoms with Crippen molar-refractivity contribution in [2.75, 3.05) is 6.54 Å². The summed E-state index contributed by atoms with van der Waals surface area (Å²) in [5, 5.41) is 3.32. The zero-order valence-electron chi connectivity index (χ0n) is 13.6. The van der Waals surface area contributed by atoms with Crippen molar-refractivity contribution in [1.82, 2.24) is 15.0 Å². The Hall–Kier alpha value is -3.26. The van der Waals surface area contributed by atoms with Crippen molar-refractivity contribution in [3.8, 4) is 36.1 Å². The lowest BCUT2D eigenvalue weighted by Gasteiger charge is -2.20. The van der Waals surface area contributed by atoms with Crippen molar-refractivity contribution in [2.45, 2.75) is 25.6 Å². The van der Waals surface area contributed by atoms with E-state index in [1.165, 1.54) is 4.90 Å². The Morgan fingerprint density at radius 3 is 2.42 bits per heavy atom. The highest BCUT2D eigenvalue weighted by Crippen LogP contribution is 2.29. The smallest absolute Gasteiger partial charge is 0.329 e. The zero-order chi connectivity index (χ0) is 19.2. The lowest BCUT2D eigenvalue weighted by Crippen LogP contribution is -2.30. The number of nitrogens with zero attached hydrogens (tertiary/aromatic N) is 3. The first-order valence-corrected chi connectivity index (χ1v) is 7.50. The molecule has 0 atom stereocenters. The normalized spacial score (nSPS) is 10.8. The van der Waals surface area contributed by atoms with E-state index in [2.05, 4.69) is 26.5 Å². The van der Waals surface area contributed by atoms with E-state index in [0.717, 1.165) is 5.56 Å². The fourth-order valence-corrected chi connectivity index (χ4v) is 2.12. The topological polar surface area (TPSA) is 59.2 Å². The van der Waals surface area contributed by atoms with Gasteiger partial charge in [0.2, 0.25) is 11.7 Å². The molecule has 0 saturated carbocycles. The van der Waals surface area contributed by atoms with Crippen LogP contribution >= 0.6 is 0 Å². The van der Waals surface area contributed by atoms with Crippen LogP contribution in [0.25, 0.3) is 11.4 Å². The van der Waals surface area contributed by atoms with E-state index in [1.807, 2.05) is 0 Å². The average molecular weight is 361 g/mol. The van der Waals surface area contributed by atoms with Crippen LogP contribution < -0.4 is 0 Å². The molecule has 26 heavy (non-hydrogen) atoms. The third-order valence-corrected chi connectivity index (χ3v) is 3.37. The van der Waals surface area contributed by atoms with E-state index in [9.17, 15) is 18.0 Å². The van der Waals surface area contributed by atoms with E-state index in [4.69, 9.17) is 12.8 Å². The number of hydrogen-bond acceptors (Lipinski definition) is 4. The number of benzene rings is 1. The summed E-state index contributed by atoms with van der Waals surface area (Å²) in [6.45, 7) is 0.388. The molecule has 1 heterocycles. The minimum absolute atomic E-state index is 0.130. The number of terminal acetylenes is 2. The van der Waals surface area contributed by atoms with Gasteiger partial charge in [0, 0.05) is 24.9 Å². The highest BCUT2D eigenvalue weighted by molar-refractivity contribution is 5.76. The van der Waals surface area contributed by atoms with Gasteiger partial charge in [-0.3, -0.25) is 4.79 Å². The molecule has 1 aromatic carbocycles. The number of rotatable bonds is 6. The van der Waals surface area contributed by atoms with Crippen LogP contribution in [0.3, 0.4) is 0 Å². The van der Waals surface area contributed by atoms with Gasteiger partial charge in [-0.15, -0.1) is 18.8 Å². The molecule has 0 spiro atoms. The Bertz CT molecular complexity index is 842. The number of carbonyl (C=O) groups excluding carboxylic acids is 1. The van der Waals surface area contributed by atoms with Crippen LogP contribution in [0.5, 0.6) is 0 Å². The monoisotopic (exact) mass is 361 g/mol. The van der Waals surface area contributed by atoms with E-state index in [1.54, 1.807) is 24.3 Å². The molecule has 5 nitrogen and oxygen atoms in total. The van der Waals surface area contributed by atoms with Gasteiger partial charge in [-0.1, -0.05) is 35.3 Å². The zero-order valence-corrected chi connectivity index (χ0v) is 13.6. The molecule has 8 heteroatoms. The summed E-state index contributed by atoms with van der Waals surface area (Å²) in [4.78, 5) is 16.9. The second-order valence-corrected chi connectivity index (χ2v) is 5.28. The number of amides is 1. The molecule has 0 aliphatic heterocycles. The van der Waals surface area contributed by atoms with Gasteiger partial charge in [-0.25, -0.2) is 0 Å². The highest BCUT2D eigenvalue weighted by Gasteiger charge is 2.38. The first-order valence-electron chi connectivity index (χ1n) is 7.50. The van der Waals surface area contributed by atoms with Gasteiger partial charge in [0.15, 0.2) is 0 Å². The SMILES string of the molecule is C#CCCC(=O)N(CC#C)Cc1ccc(-c2noc(C(F)(F)F)n2)cc1. The molecule has 0 N–H and O–H groups in total. The summed E-state index contributed by atoms with van der Waals surface area (Å²) >= 11 is 0. The highest BCUT2D eigenvalue weighted by atomic mass is 19.4. The third-order valence-electron chi connectivity index (χ3n) is 3.37. The van der Waals surface area contributed by atoms with Crippen LogP contribution in [0.15, 0.2) is 28.8 Å². The molecule has 0 fully saturated rings. The Morgan fingerprint density at radius 1 is 1.19 bits per heavy atom. The van der Waals surface area contributed by atoms with Crippen molar-refractivity contribution < 1.29 is 22.5 Å². The van der Waals surface area contributed by atoms with Crippen molar-refractivity contribution in [2.24, 2.45) is 0 Å². The summed E-state index contributed by atoms with van der Waals surface area (Å²) < 4.78 is 41.7. The van der Waals surface area contributed by atoms with Gasteiger partial charge in [-0.2, -0.15) is 18.2 Å². The van der Waals surface area contributed by atoms with E-state index < -0.39 is 12.1 Å². The number of hydrogen-bond donors (Lipinski definition) is 0. The molecule has 0 radical (unpaired) electrons. The Balaban J connectivity index is 2.11. The molecule has 1 amide bonds. The number of alkyl halides is 3. The summed E-state index contributed by atoms with van der Waals surface area (Å²) in [6, 6.07) is 6.38. The Morgan fingerprint density at radius 2 is 1.88 bits per heavy atom. The molecular weight excluding hydrogens is 347 g/mol. The fourth-order valence-electron chi connectivity index (χ4n) is 2.12. The Labute approximate surface area is 148 Å². The number of aromatic nitrogens is 2. The molecule has 2 rings (SSSR count). The summed E-state index contributed by atoms with van der Waals surface area (Å²) in [6.07, 6.45) is 6.25. The summed E-state index contributed by atoms with van der Waals surface area (Å²) in [5.74, 6) is 3.06. The van der Waals surface area contributed by atoms with Crippen LogP contribution in [0.2, 0.25) is 0 Å². The van der Waals surface area contributed by atoms with Crippen LogP contribution in [0.4, 0.5) is 13.2 Å². The molecule has 2 aromatic rings. The predicted octanol–water partition coefficient (Wildman–Crippen LogP) is 3.13. The molecule has 0 aliphatic rings. The maximum absolute atomic E-state index is 12.5. The second kappa shape index (κ2) is 8.21. The second-order valence-electron chi connectivity index (χ2n) is 5.28. The van der Waals surface area contributed by atoms with Crippen LogP contribution in [0.1, 0.15) is 24.3 Å². The third kappa shape index (κ3) is 4.87. The quantitative estimate of drug-likeness (QED) is 0.742. The van der Waals surface area contributed by atoms with Crippen molar-refractivity contribution >= 4 is 5.91 Å². The van der Waals surface area contributed by atoms with Crippen LogP contribution in [-0.2, 0) is 17.5 Å². The van der Waals surface area contributed by atoms with Crippen molar-refractivity contribution in [3.63, 3.8) is 0 Å². The maximum Gasteiger partial charge on any atom is 0.471 e. The number of carbonyl (C=O) groups is 1. The van der Waals surface area contributed by atoms with Gasteiger partial charge in [0.05, 0.1) is 6.54 Å². The number of halogens is 3. The van der Waals surface area contributed by atoms with Gasteiger partial charge < -0.3 is 9.42 Å². The van der Waals surface area contributed by atoms with E-state index >= 15 is 0 Å². The molecule has 0 bridgehead atoms. The molecule has 0 aliphatic carbocycles. The molecular formula is C18H14F3N3O2. The fraction of sp³-hybridized carbons (Fsp3) is 0.278. The van der Waals surface area contributed by atoms with Gasteiger partial charge >= 0.3 is 12.1 Å². The molecule has 0 unspecified atom stereocenters. The van der Waals surface area contributed by atoms with E-state index in [0.29, 0.717) is 12.0 Å². The molecule has 0 saturated heterocycles. The van der Waals surface area contributed by atoms with Crippen molar-refractivity contribution in [3.05, 3.63) is 35.7 Å². The summed E-state index contributed by atoms with van der Waals surface area (Å²) in [7, 11) is 0.